The molecule has 248 valence electrons. The van der Waals surface area contributed by atoms with Gasteiger partial charge >= 0.3 is 0 Å². The molecule has 0 aliphatic carbocycles. The highest BCUT2D eigenvalue weighted by molar-refractivity contribution is 6.12. The van der Waals surface area contributed by atoms with Gasteiger partial charge < -0.3 is 13.3 Å². The van der Waals surface area contributed by atoms with Gasteiger partial charge in [-0.05, 0) is 70.3 Å². The van der Waals surface area contributed by atoms with Crippen molar-refractivity contribution in [1.82, 2.24) is 4.98 Å². The first-order valence-corrected chi connectivity index (χ1v) is 17.8. The molecule has 3 heterocycles. The summed E-state index contributed by atoms with van der Waals surface area (Å²) in [4.78, 5) is 5.24. The maximum atomic E-state index is 6.77. The van der Waals surface area contributed by atoms with Crippen molar-refractivity contribution in [2.24, 2.45) is 0 Å². The lowest BCUT2D eigenvalue weighted by molar-refractivity contribution is 0.620. The van der Waals surface area contributed by atoms with Gasteiger partial charge in [0.05, 0.1) is 0 Å². The molecule has 0 bridgehead atoms. The first-order valence-electron chi connectivity index (χ1n) is 17.8. The van der Waals surface area contributed by atoms with E-state index in [4.69, 9.17) is 18.2 Å². The Labute approximate surface area is 304 Å². The van der Waals surface area contributed by atoms with Crippen molar-refractivity contribution >= 4 is 55.0 Å². The molecule has 0 aliphatic rings. The first kappa shape index (κ1) is 29.5. The second-order valence-corrected chi connectivity index (χ2v) is 13.5. The van der Waals surface area contributed by atoms with E-state index < -0.39 is 0 Å². The molecule has 0 atom stereocenters. The fraction of sp³-hybridized carbons (Fsp3) is 0. The van der Waals surface area contributed by atoms with E-state index in [0.717, 1.165) is 105 Å². The van der Waals surface area contributed by atoms with E-state index in [2.05, 4.69) is 140 Å². The molecule has 11 aromatic rings. The molecule has 0 saturated carbocycles. The molecular weight excluding hydrogens is 651 g/mol. The van der Waals surface area contributed by atoms with Crippen LogP contribution in [0.2, 0.25) is 0 Å². The molecule has 8 aromatic carbocycles. The van der Waals surface area contributed by atoms with Crippen LogP contribution in [0.1, 0.15) is 0 Å². The molecule has 0 spiro atoms. The van der Waals surface area contributed by atoms with E-state index in [1.54, 1.807) is 0 Å². The lowest BCUT2D eigenvalue weighted by Gasteiger charge is -2.10. The molecule has 53 heavy (non-hydrogen) atoms. The molecule has 4 nitrogen and oxygen atoms in total. The minimum absolute atomic E-state index is 0.541. The van der Waals surface area contributed by atoms with Gasteiger partial charge in [-0.3, -0.25) is 0 Å². The predicted molar refractivity (Wildman–Crippen MR) is 216 cm³/mol. The van der Waals surface area contributed by atoms with Crippen LogP contribution >= 0.6 is 0 Å². The number of hydrogen-bond acceptors (Lipinski definition) is 4. The van der Waals surface area contributed by atoms with Gasteiger partial charge in [-0.2, -0.15) is 0 Å². The second kappa shape index (κ2) is 11.7. The number of aromatic nitrogens is 1. The van der Waals surface area contributed by atoms with Crippen LogP contribution in [0.4, 0.5) is 0 Å². The zero-order valence-electron chi connectivity index (χ0n) is 28.4. The summed E-state index contributed by atoms with van der Waals surface area (Å²) in [6.45, 7) is 0. The summed E-state index contributed by atoms with van der Waals surface area (Å²) in [5.74, 6) is 0.541. The van der Waals surface area contributed by atoms with Crippen molar-refractivity contribution in [3.05, 3.63) is 176 Å². The van der Waals surface area contributed by atoms with Gasteiger partial charge in [-0.25, -0.2) is 4.98 Å². The van der Waals surface area contributed by atoms with Crippen LogP contribution < -0.4 is 0 Å². The molecule has 11 rings (SSSR count). The lowest BCUT2D eigenvalue weighted by Crippen LogP contribution is -1.88. The summed E-state index contributed by atoms with van der Waals surface area (Å²) in [6, 6.07) is 60.8. The largest absolute Gasteiger partial charge is 0.455 e. The Bertz CT molecular complexity index is 3030. The minimum Gasteiger partial charge on any atom is -0.455 e. The quantitative estimate of drug-likeness (QED) is 0.182. The van der Waals surface area contributed by atoms with E-state index >= 15 is 0 Å². The summed E-state index contributed by atoms with van der Waals surface area (Å²) in [6.07, 6.45) is 0. The average Bonchev–Trinajstić information content (AvgIpc) is 3.94. The number of nitrogens with zero attached hydrogens (tertiary/aromatic N) is 1. The second-order valence-electron chi connectivity index (χ2n) is 13.5. The smallest absolute Gasteiger partial charge is 0.227 e. The molecule has 0 N–H and O–H groups in total. The number of fused-ring (bicyclic) bond motifs is 7. The molecule has 4 heteroatoms. The lowest BCUT2D eigenvalue weighted by atomic mass is 9.94. The van der Waals surface area contributed by atoms with E-state index in [9.17, 15) is 0 Å². The summed E-state index contributed by atoms with van der Waals surface area (Å²) in [5.41, 5.74) is 14.1. The number of benzene rings is 8. The third kappa shape index (κ3) is 4.80. The number of hydrogen-bond donors (Lipinski definition) is 0. The third-order valence-corrected chi connectivity index (χ3v) is 10.3. The molecule has 0 unspecified atom stereocenters. The molecule has 0 aliphatic heterocycles. The van der Waals surface area contributed by atoms with Gasteiger partial charge in [0.25, 0.3) is 0 Å². The van der Waals surface area contributed by atoms with E-state index in [0.29, 0.717) is 5.89 Å². The van der Waals surface area contributed by atoms with Crippen LogP contribution in [-0.2, 0) is 0 Å². The highest BCUT2D eigenvalue weighted by atomic mass is 16.3. The summed E-state index contributed by atoms with van der Waals surface area (Å²) >= 11 is 0. The summed E-state index contributed by atoms with van der Waals surface area (Å²) < 4.78 is 19.9. The summed E-state index contributed by atoms with van der Waals surface area (Å²) in [7, 11) is 0. The zero-order valence-corrected chi connectivity index (χ0v) is 28.4. The monoisotopic (exact) mass is 679 g/mol. The number of rotatable bonds is 5. The van der Waals surface area contributed by atoms with Gasteiger partial charge in [0.2, 0.25) is 5.89 Å². The highest BCUT2D eigenvalue weighted by Crippen LogP contribution is 2.43. The SMILES string of the molecule is c1ccc(-c2cc(-c3ccccc3)c3nc(-c4cc(-c5cccc6c5oc5ccccc56)cc(-c5cccc6c5oc5ccccc56)c4)oc3c2)cc1. The van der Waals surface area contributed by atoms with Crippen molar-refractivity contribution in [1.29, 1.82) is 0 Å². The van der Waals surface area contributed by atoms with E-state index in [1.807, 2.05) is 36.4 Å². The molecule has 0 fully saturated rings. The van der Waals surface area contributed by atoms with Crippen molar-refractivity contribution in [2.75, 3.05) is 0 Å². The Morgan fingerprint density at radius 1 is 0.302 bits per heavy atom. The molecule has 3 aromatic heterocycles. The van der Waals surface area contributed by atoms with Crippen LogP contribution in [-0.4, -0.2) is 4.98 Å². The Morgan fingerprint density at radius 3 is 1.42 bits per heavy atom. The van der Waals surface area contributed by atoms with Crippen LogP contribution in [0.15, 0.2) is 189 Å². The summed E-state index contributed by atoms with van der Waals surface area (Å²) in [5, 5.41) is 4.34. The predicted octanol–water partition coefficient (Wildman–Crippen LogP) is 14.0. The highest BCUT2D eigenvalue weighted by Gasteiger charge is 2.20. The Hall–Kier alpha value is -7.17. The van der Waals surface area contributed by atoms with Crippen molar-refractivity contribution in [2.45, 2.75) is 0 Å². The van der Waals surface area contributed by atoms with Crippen molar-refractivity contribution in [3.8, 4) is 56.0 Å². The molecule has 0 saturated heterocycles. The van der Waals surface area contributed by atoms with E-state index in [-0.39, 0.29) is 0 Å². The van der Waals surface area contributed by atoms with Crippen LogP contribution in [0.5, 0.6) is 0 Å². The van der Waals surface area contributed by atoms with Crippen molar-refractivity contribution < 1.29 is 13.3 Å². The number of furan rings is 2. The Morgan fingerprint density at radius 2 is 0.811 bits per heavy atom. The molecule has 0 radical (unpaired) electrons. The van der Waals surface area contributed by atoms with E-state index in [1.165, 1.54) is 0 Å². The Balaban J connectivity index is 1.18. The van der Waals surface area contributed by atoms with Gasteiger partial charge in [0.15, 0.2) is 5.58 Å². The first-order chi connectivity index (χ1) is 26.2. The fourth-order valence-corrected chi connectivity index (χ4v) is 7.80. The average molecular weight is 680 g/mol. The van der Waals surface area contributed by atoms with Gasteiger partial charge in [0, 0.05) is 43.8 Å². The maximum absolute atomic E-state index is 6.77. The number of para-hydroxylation sites is 4. The minimum atomic E-state index is 0.541. The fourth-order valence-electron chi connectivity index (χ4n) is 7.80. The zero-order chi connectivity index (χ0) is 34.9. The van der Waals surface area contributed by atoms with Crippen LogP contribution in [0, 0.1) is 0 Å². The Kier molecular flexibility index (Phi) is 6.52. The van der Waals surface area contributed by atoms with Gasteiger partial charge in [0.1, 0.15) is 27.8 Å². The van der Waals surface area contributed by atoms with Crippen LogP contribution in [0.25, 0.3) is 111 Å². The topological polar surface area (TPSA) is 52.3 Å². The molecule has 0 amide bonds. The third-order valence-electron chi connectivity index (χ3n) is 10.3. The van der Waals surface area contributed by atoms with Gasteiger partial charge in [-0.1, -0.05) is 133 Å². The standard InChI is InChI=1S/C49H29NO3/c1-3-13-30(14-4-1)32-28-42(31-15-5-2-6-16-31)46-45(29-32)53-49(50-46)35-26-33(36-19-11-21-40-38-17-7-9-23-43(38)51-47(36)40)25-34(27-35)37-20-12-22-41-39-18-8-10-24-44(39)52-48(37)41/h1-29H. The molecular formula is C49H29NO3. The maximum Gasteiger partial charge on any atom is 0.227 e. The normalized spacial score (nSPS) is 11.8. The van der Waals surface area contributed by atoms with Gasteiger partial charge in [-0.15, -0.1) is 0 Å². The van der Waals surface area contributed by atoms with Crippen molar-refractivity contribution in [3.63, 3.8) is 0 Å². The number of oxazole rings is 1. The van der Waals surface area contributed by atoms with Crippen LogP contribution in [0.3, 0.4) is 0 Å².